The first-order valence-electron chi connectivity index (χ1n) is 10.6. The van der Waals surface area contributed by atoms with E-state index in [0.717, 1.165) is 25.2 Å². The maximum Gasteiger partial charge on any atom is 0.240 e. The number of nitrogens with one attached hydrogen (secondary N) is 2. The van der Waals surface area contributed by atoms with Crippen LogP contribution >= 0.6 is 0 Å². The van der Waals surface area contributed by atoms with Crippen molar-refractivity contribution in [2.75, 3.05) is 33.9 Å². The number of hydrogen-bond donors (Lipinski definition) is 2. The van der Waals surface area contributed by atoms with Crippen molar-refractivity contribution in [1.82, 2.24) is 14.9 Å². The van der Waals surface area contributed by atoms with Gasteiger partial charge in [-0.3, -0.25) is 9.69 Å². The van der Waals surface area contributed by atoms with Gasteiger partial charge in [0.15, 0.2) is 11.5 Å². The minimum Gasteiger partial charge on any atom is -0.493 e. The van der Waals surface area contributed by atoms with Gasteiger partial charge in [0, 0.05) is 32.1 Å². The van der Waals surface area contributed by atoms with E-state index in [-0.39, 0.29) is 23.8 Å². The van der Waals surface area contributed by atoms with Crippen LogP contribution in [0.15, 0.2) is 47.4 Å². The van der Waals surface area contributed by atoms with Crippen LogP contribution in [0, 0.1) is 0 Å². The molecular formula is C23H33N3O5S. The molecule has 9 heteroatoms. The van der Waals surface area contributed by atoms with Gasteiger partial charge in [-0.25, -0.2) is 13.1 Å². The van der Waals surface area contributed by atoms with Crippen LogP contribution in [0.25, 0.3) is 0 Å². The van der Waals surface area contributed by atoms with E-state index in [2.05, 4.69) is 34.9 Å². The van der Waals surface area contributed by atoms with Crippen molar-refractivity contribution >= 4 is 15.9 Å². The number of carbonyl (C=O) groups excluding carboxylic acids is 1. The molecule has 0 unspecified atom stereocenters. The van der Waals surface area contributed by atoms with Gasteiger partial charge in [0.1, 0.15) is 0 Å². The summed E-state index contributed by atoms with van der Waals surface area (Å²) in [6.07, 6.45) is 0.0325. The first-order chi connectivity index (χ1) is 15.3. The monoisotopic (exact) mass is 463 g/mol. The molecule has 0 aliphatic carbocycles. The lowest BCUT2D eigenvalue weighted by molar-refractivity contribution is -0.121. The third-order valence-corrected chi connectivity index (χ3v) is 6.65. The van der Waals surface area contributed by atoms with Crippen molar-refractivity contribution in [3.8, 4) is 11.5 Å². The smallest absolute Gasteiger partial charge is 0.240 e. The zero-order valence-corrected chi connectivity index (χ0v) is 20.0. The molecule has 2 rings (SSSR count). The Bertz CT molecular complexity index is 991. The normalized spacial score (nSPS) is 11.4. The number of rotatable bonds is 13. The molecule has 176 valence electrons. The summed E-state index contributed by atoms with van der Waals surface area (Å²) in [5.41, 5.74) is 2.23. The Morgan fingerprint density at radius 2 is 1.62 bits per heavy atom. The molecule has 1 amide bonds. The number of hydrogen-bond acceptors (Lipinski definition) is 6. The van der Waals surface area contributed by atoms with E-state index in [9.17, 15) is 13.2 Å². The Hall–Kier alpha value is -2.62. The third kappa shape index (κ3) is 7.22. The van der Waals surface area contributed by atoms with Crippen LogP contribution < -0.4 is 19.5 Å². The van der Waals surface area contributed by atoms with Gasteiger partial charge >= 0.3 is 0 Å². The van der Waals surface area contributed by atoms with E-state index in [4.69, 9.17) is 9.47 Å². The molecular weight excluding hydrogens is 430 g/mol. The van der Waals surface area contributed by atoms with E-state index in [1.807, 2.05) is 18.2 Å². The predicted molar refractivity (Wildman–Crippen MR) is 124 cm³/mol. The highest BCUT2D eigenvalue weighted by molar-refractivity contribution is 7.89. The standard InChI is InChI=1S/C23H33N3O5S/c1-5-26(6-2)17-19-10-8-7-9-18(19)16-24-23(27)13-14-25-32(28,29)20-11-12-21(30-3)22(15-20)31-4/h7-12,15,25H,5-6,13-14,16-17H2,1-4H3,(H,24,27). The Morgan fingerprint density at radius 1 is 0.969 bits per heavy atom. The molecule has 0 aliphatic heterocycles. The second-order valence-corrected chi connectivity index (χ2v) is 8.94. The molecule has 8 nitrogen and oxygen atoms in total. The number of carbonyl (C=O) groups is 1. The van der Waals surface area contributed by atoms with Gasteiger partial charge in [0.05, 0.1) is 19.1 Å². The van der Waals surface area contributed by atoms with Crippen LogP contribution in [-0.4, -0.2) is 53.1 Å². The average molecular weight is 464 g/mol. The quantitative estimate of drug-likeness (QED) is 0.474. The number of benzene rings is 2. The lowest BCUT2D eigenvalue weighted by Crippen LogP contribution is -2.31. The fourth-order valence-electron chi connectivity index (χ4n) is 3.22. The van der Waals surface area contributed by atoms with Gasteiger partial charge in [0.25, 0.3) is 0 Å². The molecule has 0 spiro atoms. The van der Waals surface area contributed by atoms with Gasteiger partial charge in [-0.15, -0.1) is 0 Å². The van der Waals surface area contributed by atoms with Crippen LogP contribution in [-0.2, 0) is 27.9 Å². The molecule has 2 aromatic carbocycles. The summed E-state index contributed by atoms with van der Waals surface area (Å²) in [7, 11) is -0.864. The summed E-state index contributed by atoms with van der Waals surface area (Å²) in [6, 6.07) is 12.3. The Morgan fingerprint density at radius 3 is 2.25 bits per heavy atom. The molecule has 0 atom stereocenters. The molecule has 0 heterocycles. The summed E-state index contributed by atoms with van der Waals surface area (Å²) >= 11 is 0. The molecule has 2 N–H and O–H groups in total. The lowest BCUT2D eigenvalue weighted by atomic mass is 10.1. The van der Waals surface area contributed by atoms with Crippen molar-refractivity contribution in [3.05, 3.63) is 53.6 Å². The summed E-state index contributed by atoms with van der Waals surface area (Å²) in [6.45, 7) is 7.37. The van der Waals surface area contributed by atoms with Crippen LogP contribution in [0.4, 0.5) is 0 Å². The highest BCUT2D eigenvalue weighted by Gasteiger charge is 2.17. The number of nitrogens with zero attached hydrogens (tertiary/aromatic N) is 1. The molecule has 0 fully saturated rings. The van der Waals surface area contributed by atoms with Gasteiger partial charge < -0.3 is 14.8 Å². The molecule has 0 aromatic heterocycles. The van der Waals surface area contributed by atoms with E-state index in [1.54, 1.807) is 0 Å². The SMILES string of the molecule is CCN(CC)Cc1ccccc1CNC(=O)CCNS(=O)(=O)c1ccc(OC)c(OC)c1. The Balaban J connectivity index is 1.89. The van der Waals surface area contributed by atoms with Crippen molar-refractivity contribution in [2.24, 2.45) is 0 Å². The van der Waals surface area contributed by atoms with E-state index in [1.165, 1.54) is 38.0 Å². The predicted octanol–water partition coefficient (Wildman–Crippen LogP) is 2.53. The molecule has 0 bridgehead atoms. The zero-order chi connectivity index (χ0) is 23.6. The first-order valence-corrected chi connectivity index (χ1v) is 12.1. The molecule has 0 radical (unpaired) electrons. The number of methoxy groups -OCH3 is 2. The van der Waals surface area contributed by atoms with Gasteiger partial charge in [-0.1, -0.05) is 38.1 Å². The second kappa shape index (κ2) is 12.4. The highest BCUT2D eigenvalue weighted by Crippen LogP contribution is 2.29. The fourth-order valence-corrected chi connectivity index (χ4v) is 4.27. The maximum atomic E-state index is 12.5. The van der Waals surface area contributed by atoms with E-state index >= 15 is 0 Å². The minimum absolute atomic E-state index is 0.0103. The zero-order valence-electron chi connectivity index (χ0n) is 19.2. The highest BCUT2D eigenvalue weighted by atomic mass is 32.2. The van der Waals surface area contributed by atoms with Crippen molar-refractivity contribution in [2.45, 2.75) is 38.3 Å². The number of sulfonamides is 1. The molecule has 2 aromatic rings. The first kappa shape index (κ1) is 25.6. The van der Waals surface area contributed by atoms with Crippen molar-refractivity contribution in [3.63, 3.8) is 0 Å². The largest absolute Gasteiger partial charge is 0.493 e. The van der Waals surface area contributed by atoms with Crippen LogP contribution in [0.2, 0.25) is 0 Å². The second-order valence-electron chi connectivity index (χ2n) is 7.17. The van der Waals surface area contributed by atoms with Crippen molar-refractivity contribution < 1.29 is 22.7 Å². The van der Waals surface area contributed by atoms with Crippen LogP contribution in [0.5, 0.6) is 11.5 Å². The van der Waals surface area contributed by atoms with Crippen LogP contribution in [0.3, 0.4) is 0 Å². The van der Waals surface area contributed by atoms with Gasteiger partial charge in [-0.2, -0.15) is 0 Å². The average Bonchev–Trinajstić information content (AvgIpc) is 2.81. The lowest BCUT2D eigenvalue weighted by Gasteiger charge is -2.20. The Labute approximate surface area is 191 Å². The summed E-state index contributed by atoms with van der Waals surface area (Å²) < 4.78 is 37.8. The summed E-state index contributed by atoms with van der Waals surface area (Å²) in [5.74, 6) is 0.529. The van der Waals surface area contributed by atoms with E-state index in [0.29, 0.717) is 18.0 Å². The molecule has 0 aliphatic rings. The summed E-state index contributed by atoms with van der Waals surface area (Å²) in [5, 5.41) is 2.88. The van der Waals surface area contributed by atoms with Crippen molar-refractivity contribution in [1.29, 1.82) is 0 Å². The third-order valence-electron chi connectivity index (χ3n) is 5.19. The number of ether oxygens (including phenoxy) is 2. The topological polar surface area (TPSA) is 97.0 Å². The fraction of sp³-hybridized carbons (Fsp3) is 0.435. The van der Waals surface area contributed by atoms with Gasteiger partial charge in [-0.05, 0) is 36.3 Å². The maximum absolute atomic E-state index is 12.5. The Kier molecular flexibility index (Phi) is 9.96. The summed E-state index contributed by atoms with van der Waals surface area (Å²) in [4.78, 5) is 14.6. The molecule has 0 saturated heterocycles. The van der Waals surface area contributed by atoms with E-state index < -0.39 is 10.0 Å². The molecule has 0 saturated carbocycles. The van der Waals surface area contributed by atoms with Crippen LogP contribution in [0.1, 0.15) is 31.4 Å². The minimum atomic E-state index is -3.78. The number of amides is 1. The molecule has 32 heavy (non-hydrogen) atoms. The van der Waals surface area contributed by atoms with Gasteiger partial charge in [0.2, 0.25) is 15.9 Å².